The number of aromatic nitrogens is 3. The van der Waals surface area contributed by atoms with Crippen molar-refractivity contribution in [2.75, 3.05) is 0 Å². The lowest BCUT2D eigenvalue weighted by Crippen LogP contribution is -1.90. The lowest BCUT2D eigenvalue weighted by Gasteiger charge is -2.10. The SMILES string of the molecule is CCc1cc(O)c(F)cc1-c1ccc2c(-c3ccc[nH]3)n[nH]c2c1. The number of aromatic hydroxyl groups is 1. The van der Waals surface area contributed by atoms with Crippen molar-refractivity contribution < 1.29 is 9.50 Å². The molecule has 0 radical (unpaired) electrons. The first kappa shape index (κ1) is 14.5. The Balaban J connectivity index is 1.86. The number of benzene rings is 2. The summed E-state index contributed by atoms with van der Waals surface area (Å²) in [6.07, 6.45) is 2.56. The molecule has 0 aliphatic heterocycles. The second-order valence-electron chi connectivity index (χ2n) is 5.73. The topological polar surface area (TPSA) is 64.7 Å². The van der Waals surface area contributed by atoms with Gasteiger partial charge in [-0.1, -0.05) is 13.0 Å². The third-order valence-electron chi connectivity index (χ3n) is 4.28. The highest BCUT2D eigenvalue weighted by Crippen LogP contribution is 2.33. The van der Waals surface area contributed by atoms with Gasteiger partial charge >= 0.3 is 0 Å². The Hall–Kier alpha value is -3.08. The van der Waals surface area contributed by atoms with Gasteiger partial charge in [0, 0.05) is 11.6 Å². The maximum Gasteiger partial charge on any atom is 0.165 e. The Labute approximate surface area is 138 Å². The first-order valence-corrected chi connectivity index (χ1v) is 7.81. The van der Waals surface area contributed by atoms with Crippen LogP contribution in [0.2, 0.25) is 0 Å². The molecule has 24 heavy (non-hydrogen) atoms. The maximum absolute atomic E-state index is 13.8. The molecule has 5 heteroatoms. The van der Waals surface area contributed by atoms with Crippen LogP contribution >= 0.6 is 0 Å². The van der Waals surface area contributed by atoms with Crippen LogP contribution in [0.15, 0.2) is 48.7 Å². The number of hydrogen-bond donors (Lipinski definition) is 3. The fourth-order valence-electron chi connectivity index (χ4n) is 3.04. The normalized spacial score (nSPS) is 11.2. The summed E-state index contributed by atoms with van der Waals surface area (Å²) >= 11 is 0. The molecule has 0 saturated carbocycles. The van der Waals surface area contributed by atoms with E-state index in [0.29, 0.717) is 6.42 Å². The average molecular weight is 321 g/mol. The number of rotatable bonds is 3. The summed E-state index contributed by atoms with van der Waals surface area (Å²) < 4.78 is 13.8. The molecule has 0 aliphatic rings. The van der Waals surface area contributed by atoms with Gasteiger partial charge in [-0.25, -0.2) is 4.39 Å². The Morgan fingerprint density at radius 3 is 2.79 bits per heavy atom. The van der Waals surface area contributed by atoms with Gasteiger partial charge in [0.15, 0.2) is 11.6 Å². The summed E-state index contributed by atoms with van der Waals surface area (Å²) in [4.78, 5) is 3.15. The van der Waals surface area contributed by atoms with Gasteiger partial charge in [0.1, 0.15) is 5.69 Å². The van der Waals surface area contributed by atoms with Crippen molar-refractivity contribution in [2.45, 2.75) is 13.3 Å². The zero-order chi connectivity index (χ0) is 16.7. The van der Waals surface area contributed by atoms with Crippen molar-refractivity contribution in [3.8, 4) is 28.3 Å². The maximum atomic E-state index is 13.8. The van der Waals surface area contributed by atoms with Crippen LogP contribution in [0.1, 0.15) is 12.5 Å². The summed E-state index contributed by atoms with van der Waals surface area (Å²) in [5, 5.41) is 18.0. The van der Waals surface area contributed by atoms with Crippen molar-refractivity contribution in [1.82, 2.24) is 15.2 Å². The summed E-state index contributed by atoms with van der Waals surface area (Å²) in [7, 11) is 0. The van der Waals surface area contributed by atoms with Crippen molar-refractivity contribution in [2.24, 2.45) is 0 Å². The first-order valence-electron chi connectivity index (χ1n) is 7.81. The number of nitrogens with one attached hydrogen (secondary N) is 2. The molecular weight excluding hydrogens is 305 g/mol. The molecule has 0 amide bonds. The van der Waals surface area contributed by atoms with E-state index in [-0.39, 0.29) is 5.75 Å². The number of H-pyrrole nitrogens is 2. The van der Waals surface area contributed by atoms with Crippen LogP contribution in [-0.2, 0) is 6.42 Å². The minimum absolute atomic E-state index is 0.313. The quantitative estimate of drug-likeness (QED) is 0.515. The zero-order valence-electron chi connectivity index (χ0n) is 13.1. The molecule has 0 spiro atoms. The smallest absolute Gasteiger partial charge is 0.165 e. The lowest BCUT2D eigenvalue weighted by atomic mass is 9.96. The Bertz CT molecular complexity index is 1020. The standard InChI is InChI=1S/C19H16FN3O/c1-2-11-9-18(24)15(20)10-14(11)12-5-6-13-17(8-12)22-23-19(13)16-4-3-7-21-16/h3-10,21,24H,2H2,1H3,(H,22,23). The predicted molar refractivity (Wildman–Crippen MR) is 92.3 cm³/mol. The molecule has 2 heterocycles. The highest BCUT2D eigenvalue weighted by Gasteiger charge is 2.13. The van der Waals surface area contributed by atoms with Gasteiger partial charge in [-0.15, -0.1) is 0 Å². The average Bonchev–Trinajstić information content (AvgIpc) is 3.25. The predicted octanol–water partition coefficient (Wildman–Crippen LogP) is 4.63. The van der Waals surface area contributed by atoms with Crippen LogP contribution in [0.25, 0.3) is 33.4 Å². The van der Waals surface area contributed by atoms with Crippen molar-refractivity contribution in [3.05, 3.63) is 60.0 Å². The highest BCUT2D eigenvalue weighted by molar-refractivity contribution is 5.94. The molecule has 4 nitrogen and oxygen atoms in total. The van der Waals surface area contributed by atoms with E-state index < -0.39 is 5.82 Å². The van der Waals surface area contributed by atoms with Crippen LogP contribution in [-0.4, -0.2) is 20.3 Å². The second kappa shape index (κ2) is 5.53. The Morgan fingerprint density at radius 1 is 1.17 bits per heavy atom. The Morgan fingerprint density at radius 2 is 2.04 bits per heavy atom. The minimum Gasteiger partial charge on any atom is -0.505 e. The van der Waals surface area contributed by atoms with E-state index in [1.54, 1.807) is 0 Å². The molecule has 3 N–H and O–H groups in total. The number of fused-ring (bicyclic) bond motifs is 1. The van der Waals surface area contributed by atoms with E-state index in [1.165, 1.54) is 12.1 Å². The fourth-order valence-corrected chi connectivity index (χ4v) is 3.04. The van der Waals surface area contributed by atoms with Crippen LogP contribution in [0.3, 0.4) is 0 Å². The molecule has 0 saturated heterocycles. The zero-order valence-corrected chi connectivity index (χ0v) is 13.1. The molecule has 120 valence electrons. The van der Waals surface area contributed by atoms with Gasteiger partial charge < -0.3 is 10.1 Å². The number of phenolic OH excluding ortho intramolecular Hbond substituents is 1. The van der Waals surface area contributed by atoms with E-state index in [2.05, 4.69) is 15.2 Å². The van der Waals surface area contributed by atoms with E-state index in [0.717, 1.165) is 39.0 Å². The number of aryl methyl sites for hydroxylation is 1. The third kappa shape index (κ3) is 2.25. The van der Waals surface area contributed by atoms with Crippen molar-refractivity contribution in [3.63, 3.8) is 0 Å². The summed E-state index contributed by atoms with van der Waals surface area (Å²) in [6, 6.07) is 12.7. The highest BCUT2D eigenvalue weighted by atomic mass is 19.1. The van der Waals surface area contributed by atoms with Gasteiger partial charge in [0.2, 0.25) is 0 Å². The molecular formula is C19H16FN3O. The molecule has 2 aromatic carbocycles. The molecule has 0 unspecified atom stereocenters. The molecule has 0 fully saturated rings. The molecule has 0 atom stereocenters. The van der Waals surface area contributed by atoms with Crippen LogP contribution < -0.4 is 0 Å². The third-order valence-corrected chi connectivity index (χ3v) is 4.28. The van der Waals surface area contributed by atoms with Gasteiger partial charge in [-0.2, -0.15) is 5.10 Å². The number of hydrogen-bond acceptors (Lipinski definition) is 2. The Kier molecular flexibility index (Phi) is 3.34. The van der Waals surface area contributed by atoms with E-state index in [1.807, 2.05) is 43.5 Å². The summed E-state index contributed by atoms with van der Waals surface area (Å²) in [6.45, 7) is 1.98. The first-order chi connectivity index (χ1) is 11.7. The fraction of sp³-hybridized carbons (Fsp3) is 0.105. The second-order valence-corrected chi connectivity index (χ2v) is 5.73. The lowest BCUT2D eigenvalue weighted by molar-refractivity contribution is 0.432. The van der Waals surface area contributed by atoms with Gasteiger partial charge in [0.05, 0.1) is 11.2 Å². The van der Waals surface area contributed by atoms with Crippen LogP contribution in [0.4, 0.5) is 4.39 Å². The van der Waals surface area contributed by atoms with Crippen LogP contribution in [0.5, 0.6) is 5.75 Å². The summed E-state index contributed by atoms with van der Waals surface area (Å²) in [5.41, 5.74) is 5.25. The van der Waals surface area contributed by atoms with Gasteiger partial charge in [-0.3, -0.25) is 5.10 Å². The van der Waals surface area contributed by atoms with Gasteiger partial charge in [-0.05, 0) is 59.5 Å². The number of nitrogens with zero attached hydrogens (tertiary/aromatic N) is 1. The van der Waals surface area contributed by atoms with E-state index in [4.69, 9.17) is 0 Å². The van der Waals surface area contributed by atoms with Gasteiger partial charge in [0.25, 0.3) is 0 Å². The molecule has 2 aromatic heterocycles. The molecule has 0 aliphatic carbocycles. The summed E-state index contributed by atoms with van der Waals surface area (Å²) in [5.74, 6) is -0.925. The largest absolute Gasteiger partial charge is 0.505 e. The van der Waals surface area contributed by atoms with Crippen LogP contribution in [0, 0.1) is 5.82 Å². The molecule has 4 aromatic rings. The van der Waals surface area contributed by atoms with E-state index in [9.17, 15) is 9.50 Å². The van der Waals surface area contributed by atoms with Crippen molar-refractivity contribution >= 4 is 10.9 Å². The number of phenols is 1. The molecule has 4 rings (SSSR count). The monoisotopic (exact) mass is 321 g/mol. The molecule has 0 bridgehead atoms. The van der Waals surface area contributed by atoms with E-state index >= 15 is 0 Å². The minimum atomic E-state index is -0.612. The number of halogens is 1. The van der Waals surface area contributed by atoms with Crippen molar-refractivity contribution in [1.29, 1.82) is 0 Å². The number of aromatic amines is 2.